The molecule has 0 aliphatic carbocycles. The van der Waals surface area contributed by atoms with Gasteiger partial charge in [0.2, 0.25) is 0 Å². The zero-order valence-corrected chi connectivity index (χ0v) is 22.3. The number of likely N-dealkylation sites (N-methyl/N-ethyl adjacent to an activating group) is 1. The summed E-state index contributed by atoms with van der Waals surface area (Å²) in [7, 11) is 3.86. The number of urea groups is 1. The van der Waals surface area contributed by atoms with Crippen LogP contribution in [-0.2, 0) is 25.9 Å². The SMILES string of the molecule is CCc1ccccc1NC(=O)N1Cc2c(sc3c2CCN(C)C3)-n2cccc2[C@@H]1c1cccc(OC)c1. The summed E-state index contributed by atoms with van der Waals surface area (Å²) in [5.41, 5.74) is 6.79. The molecule has 2 aliphatic heterocycles. The predicted octanol–water partition coefficient (Wildman–Crippen LogP) is 6.23. The number of amides is 2. The van der Waals surface area contributed by atoms with Crippen molar-refractivity contribution in [2.45, 2.75) is 38.9 Å². The molecule has 0 saturated heterocycles. The topological polar surface area (TPSA) is 49.7 Å². The van der Waals surface area contributed by atoms with Gasteiger partial charge in [0.25, 0.3) is 0 Å². The van der Waals surface area contributed by atoms with Gasteiger partial charge in [-0.15, -0.1) is 11.3 Å². The molecule has 7 heteroatoms. The highest BCUT2D eigenvalue weighted by Gasteiger charge is 2.36. The van der Waals surface area contributed by atoms with Crippen LogP contribution in [0.25, 0.3) is 5.00 Å². The van der Waals surface area contributed by atoms with Gasteiger partial charge < -0.3 is 24.4 Å². The number of aryl methyl sites for hydroxylation is 1. The number of methoxy groups -OCH3 is 1. The van der Waals surface area contributed by atoms with E-state index in [1.807, 2.05) is 52.6 Å². The van der Waals surface area contributed by atoms with Gasteiger partial charge in [-0.1, -0.05) is 37.3 Å². The molecule has 0 spiro atoms. The lowest BCUT2D eigenvalue weighted by Gasteiger charge is -2.32. The Labute approximate surface area is 222 Å². The van der Waals surface area contributed by atoms with Crippen LogP contribution < -0.4 is 10.1 Å². The van der Waals surface area contributed by atoms with Gasteiger partial charge in [0.1, 0.15) is 10.8 Å². The summed E-state index contributed by atoms with van der Waals surface area (Å²) >= 11 is 1.87. The number of carbonyl (C=O) groups excluding carboxylic acids is 1. The second-order valence-corrected chi connectivity index (χ2v) is 10.9. The first kappa shape index (κ1) is 23.8. The highest BCUT2D eigenvalue weighted by atomic mass is 32.1. The van der Waals surface area contributed by atoms with E-state index in [0.717, 1.165) is 54.2 Å². The van der Waals surface area contributed by atoms with E-state index in [9.17, 15) is 4.79 Å². The summed E-state index contributed by atoms with van der Waals surface area (Å²) < 4.78 is 7.87. The number of benzene rings is 2. The van der Waals surface area contributed by atoms with Crippen LogP contribution in [0, 0.1) is 0 Å². The van der Waals surface area contributed by atoms with Crippen LogP contribution in [0.2, 0.25) is 0 Å². The highest BCUT2D eigenvalue weighted by Crippen LogP contribution is 2.44. The van der Waals surface area contributed by atoms with E-state index >= 15 is 0 Å². The smallest absolute Gasteiger partial charge is 0.322 e. The summed E-state index contributed by atoms with van der Waals surface area (Å²) in [5.74, 6) is 0.784. The van der Waals surface area contributed by atoms with Crippen LogP contribution >= 0.6 is 11.3 Å². The minimum absolute atomic E-state index is 0.0952. The molecule has 4 heterocycles. The molecule has 6 nitrogen and oxygen atoms in total. The largest absolute Gasteiger partial charge is 0.497 e. The summed E-state index contributed by atoms with van der Waals surface area (Å²) in [6.45, 7) is 4.65. The maximum absolute atomic E-state index is 14.2. The van der Waals surface area contributed by atoms with Gasteiger partial charge in [0.05, 0.1) is 25.4 Å². The average Bonchev–Trinajstić information content (AvgIpc) is 3.50. The zero-order chi connectivity index (χ0) is 25.5. The Kier molecular flexibility index (Phi) is 6.26. The molecule has 0 radical (unpaired) electrons. The Bertz CT molecular complexity index is 1460. The molecule has 37 heavy (non-hydrogen) atoms. The Morgan fingerprint density at radius 1 is 1.08 bits per heavy atom. The Balaban J connectivity index is 1.50. The number of thiophene rings is 1. The predicted molar refractivity (Wildman–Crippen MR) is 149 cm³/mol. The molecule has 1 N–H and O–H groups in total. The number of rotatable bonds is 4. The average molecular weight is 513 g/mol. The molecule has 2 aliphatic rings. The highest BCUT2D eigenvalue weighted by molar-refractivity contribution is 7.15. The summed E-state index contributed by atoms with van der Waals surface area (Å²) in [5, 5.41) is 4.50. The van der Waals surface area contributed by atoms with Crippen molar-refractivity contribution in [2.24, 2.45) is 0 Å². The Morgan fingerprint density at radius 2 is 1.95 bits per heavy atom. The third-order valence-corrected chi connectivity index (χ3v) is 8.82. The quantitative estimate of drug-likeness (QED) is 0.352. The number of anilines is 1. The molecule has 6 rings (SSSR count). The summed E-state index contributed by atoms with van der Waals surface area (Å²) in [4.78, 5) is 20.0. The number of hydrogen-bond donors (Lipinski definition) is 1. The van der Waals surface area contributed by atoms with Crippen LogP contribution in [0.15, 0.2) is 66.9 Å². The first-order valence-electron chi connectivity index (χ1n) is 12.9. The number of ether oxygens (including phenoxy) is 1. The fraction of sp³-hybridized carbons (Fsp3) is 0.300. The van der Waals surface area contributed by atoms with E-state index < -0.39 is 0 Å². The van der Waals surface area contributed by atoms with Gasteiger partial charge in [-0.05, 0) is 66.9 Å². The molecule has 2 aromatic carbocycles. The van der Waals surface area contributed by atoms with E-state index in [0.29, 0.717) is 6.54 Å². The van der Waals surface area contributed by atoms with E-state index in [1.54, 1.807) is 7.11 Å². The molecule has 0 bridgehead atoms. The molecular formula is C30H32N4O2S. The number of hydrogen-bond acceptors (Lipinski definition) is 4. The van der Waals surface area contributed by atoms with Crippen LogP contribution in [0.5, 0.6) is 5.75 Å². The van der Waals surface area contributed by atoms with Gasteiger partial charge >= 0.3 is 6.03 Å². The normalized spacial score (nSPS) is 16.9. The number of carbonyl (C=O) groups is 1. The Morgan fingerprint density at radius 3 is 2.78 bits per heavy atom. The molecule has 1 atom stereocenters. The maximum Gasteiger partial charge on any atom is 0.322 e. The van der Waals surface area contributed by atoms with Crippen LogP contribution in [-0.4, -0.2) is 41.1 Å². The number of nitrogens with one attached hydrogen (secondary N) is 1. The summed E-state index contributed by atoms with van der Waals surface area (Å²) in [6.07, 6.45) is 4.00. The van der Waals surface area contributed by atoms with Gasteiger partial charge in [0.15, 0.2) is 0 Å². The van der Waals surface area contributed by atoms with Crippen molar-refractivity contribution in [1.29, 1.82) is 0 Å². The van der Waals surface area contributed by atoms with Crippen molar-refractivity contribution in [1.82, 2.24) is 14.4 Å². The Hall–Kier alpha value is -3.55. The van der Waals surface area contributed by atoms with Crippen molar-refractivity contribution in [3.63, 3.8) is 0 Å². The molecule has 0 fully saturated rings. The third-order valence-electron chi connectivity index (χ3n) is 7.57. The van der Waals surface area contributed by atoms with Crippen LogP contribution in [0.1, 0.15) is 45.8 Å². The molecule has 0 saturated carbocycles. The number of nitrogens with zero attached hydrogens (tertiary/aromatic N) is 3. The lowest BCUT2D eigenvalue weighted by Crippen LogP contribution is -2.38. The van der Waals surface area contributed by atoms with E-state index in [1.165, 1.54) is 21.0 Å². The molecular weight excluding hydrogens is 480 g/mol. The van der Waals surface area contributed by atoms with Gasteiger partial charge in [0, 0.05) is 35.4 Å². The number of fused-ring (bicyclic) bond motifs is 5. The fourth-order valence-corrected chi connectivity index (χ4v) is 7.09. The van der Waals surface area contributed by atoms with Crippen molar-refractivity contribution in [3.05, 3.63) is 99.7 Å². The van der Waals surface area contributed by atoms with Crippen LogP contribution in [0.4, 0.5) is 10.5 Å². The lowest BCUT2D eigenvalue weighted by molar-refractivity contribution is 0.194. The second kappa shape index (κ2) is 9.72. The van der Waals surface area contributed by atoms with E-state index in [4.69, 9.17) is 4.74 Å². The second-order valence-electron chi connectivity index (χ2n) is 9.83. The van der Waals surface area contributed by atoms with E-state index in [2.05, 4.69) is 59.2 Å². The van der Waals surface area contributed by atoms with Gasteiger partial charge in [-0.25, -0.2) is 4.79 Å². The van der Waals surface area contributed by atoms with Crippen molar-refractivity contribution in [3.8, 4) is 10.8 Å². The maximum atomic E-state index is 14.2. The van der Waals surface area contributed by atoms with Crippen LogP contribution in [0.3, 0.4) is 0 Å². The standard InChI is InChI=1S/C30H32N4O2S/c1-4-20-9-5-6-12-25(20)31-30(35)34-18-24-23-14-16-32(2)19-27(23)37-29(24)33-15-8-13-26(33)28(34)21-10-7-11-22(17-21)36-3/h5-13,15,17,28H,4,14,16,18-19H2,1-3H3,(H,31,35)/t28-/m0/s1. The lowest BCUT2D eigenvalue weighted by atomic mass is 10.00. The molecule has 2 aromatic heterocycles. The monoisotopic (exact) mass is 512 g/mol. The first-order valence-corrected chi connectivity index (χ1v) is 13.7. The summed E-state index contributed by atoms with van der Waals surface area (Å²) in [6, 6.07) is 20.0. The van der Waals surface area contributed by atoms with Crippen molar-refractivity contribution < 1.29 is 9.53 Å². The number of para-hydroxylation sites is 1. The molecule has 4 aromatic rings. The van der Waals surface area contributed by atoms with Gasteiger partial charge in [-0.2, -0.15) is 0 Å². The minimum atomic E-state index is -0.264. The fourth-order valence-electron chi connectivity index (χ4n) is 5.65. The first-order chi connectivity index (χ1) is 18.1. The minimum Gasteiger partial charge on any atom is -0.497 e. The van der Waals surface area contributed by atoms with Crippen molar-refractivity contribution >= 4 is 23.1 Å². The zero-order valence-electron chi connectivity index (χ0n) is 21.5. The third kappa shape index (κ3) is 4.22. The van der Waals surface area contributed by atoms with Gasteiger partial charge in [-0.3, -0.25) is 0 Å². The number of aromatic nitrogens is 1. The molecule has 0 unspecified atom stereocenters. The van der Waals surface area contributed by atoms with E-state index in [-0.39, 0.29) is 12.1 Å². The molecule has 190 valence electrons. The molecule has 2 amide bonds. The van der Waals surface area contributed by atoms with Crippen molar-refractivity contribution in [2.75, 3.05) is 26.0 Å².